The lowest BCUT2D eigenvalue weighted by molar-refractivity contribution is -0.116. The third-order valence-corrected chi connectivity index (χ3v) is 4.10. The van der Waals surface area contributed by atoms with Crippen LogP contribution < -0.4 is 10.2 Å². The molecule has 7 heteroatoms. The number of thiazole rings is 1. The zero-order valence-electron chi connectivity index (χ0n) is 12.2. The number of halogens is 1. The Kier molecular flexibility index (Phi) is 5.14. The van der Waals surface area contributed by atoms with E-state index >= 15 is 0 Å². The third kappa shape index (κ3) is 3.92. The van der Waals surface area contributed by atoms with Gasteiger partial charge >= 0.3 is 0 Å². The van der Waals surface area contributed by atoms with Gasteiger partial charge in [0.15, 0.2) is 5.13 Å². The average Bonchev–Trinajstić information content (AvgIpc) is 2.87. The van der Waals surface area contributed by atoms with Crippen LogP contribution in [0.25, 0.3) is 0 Å². The number of amides is 1. The lowest BCUT2D eigenvalue weighted by Crippen LogP contribution is -2.27. The van der Waals surface area contributed by atoms with Crippen molar-refractivity contribution in [3.63, 3.8) is 0 Å². The first-order valence-electron chi connectivity index (χ1n) is 6.60. The highest BCUT2D eigenvalue weighted by molar-refractivity contribution is 7.14. The molecule has 0 aliphatic rings. The molecule has 0 atom stereocenters. The van der Waals surface area contributed by atoms with Gasteiger partial charge in [-0.2, -0.15) is 0 Å². The number of carbonyl (C=O) groups is 1. The third-order valence-electron chi connectivity index (χ3n) is 2.98. The van der Waals surface area contributed by atoms with Gasteiger partial charge in [-0.1, -0.05) is 11.6 Å². The molecular formula is C14H17ClN4OS. The molecule has 0 unspecified atom stereocenters. The summed E-state index contributed by atoms with van der Waals surface area (Å²) in [6, 6.07) is 3.64. The van der Waals surface area contributed by atoms with Crippen molar-refractivity contribution in [2.24, 2.45) is 0 Å². The predicted molar refractivity (Wildman–Crippen MR) is 87.1 cm³/mol. The maximum atomic E-state index is 11.5. The molecule has 0 fully saturated rings. The summed E-state index contributed by atoms with van der Waals surface area (Å²) in [4.78, 5) is 21.8. The molecule has 0 saturated heterocycles. The van der Waals surface area contributed by atoms with Crippen LogP contribution in [0.3, 0.4) is 0 Å². The molecule has 0 aromatic carbocycles. The van der Waals surface area contributed by atoms with Crippen molar-refractivity contribution in [2.45, 2.75) is 27.3 Å². The zero-order chi connectivity index (χ0) is 15.4. The van der Waals surface area contributed by atoms with Gasteiger partial charge in [0, 0.05) is 18.8 Å². The second-order valence-electron chi connectivity index (χ2n) is 4.51. The highest BCUT2D eigenvalue weighted by atomic mass is 35.5. The largest absolute Gasteiger partial charge is 0.378 e. The number of hydrogen-bond acceptors (Lipinski definition) is 5. The topological polar surface area (TPSA) is 58.1 Å². The molecule has 0 saturated carbocycles. The lowest BCUT2D eigenvalue weighted by atomic mass is 10.3. The molecule has 0 bridgehead atoms. The van der Waals surface area contributed by atoms with Gasteiger partial charge in [0.2, 0.25) is 5.91 Å². The van der Waals surface area contributed by atoms with Gasteiger partial charge < -0.3 is 5.32 Å². The van der Waals surface area contributed by atoms with E-state index in [0.29, 0.717) is 18.2 Å². The molecule has 21 heavy (non-hydrogen) atoms. The molecule has 112 valence electrons. The van der Waals surface area contributed by atoms with Gasteiger partial charge in [0.25, 0.3) is 0 Å². The Morgan fingerprint density at radius 2 is 2.19 bits per heavy atom. The summed E-state index contributed by atoms with van der Waals surface area (Å²) in [6.45, 7) is 6.58. The molecule has 0 aliphatic carbocycles. The number of nitrogens with zero attached hydrogens (tertiary/aromatic N) is 3. The van der Waals surface area contributed by atoms with E-state index in [9.17, 15) is 4.79 Å². The van der Waals surface area contributed by atoms with Crippen LogP contribution in [0.15, 0.2) is 17.5 Å². The summed E-state index contributed by atoms with van der Waals surface area (Å²) in [6.07, 6.45) is 0. The fourth-order valence-electron chi connectivity index (χ4n) is 1.90. The number of nitrogens with one attached hydrogen (secondary N) is 1. The molecule has 1 amide bonds. The molecule has 0 spiro atoms. The van der Waals surface area contributed by atoms with Crippen molar-refractivity contribution < 1.29 is 4.79 Å². The van der Waals surface area contributed by atoms with Crippen LogP contribution in [-0.2, 0) is 11.3 Å². The first-order chi connectivity index (χ1) is 10.0. The minimum atomic E-state index is 0.00380. The van der Waals surface area contributed by atoms with Gasteiger partial charge in [-0.15, -0.1) is 11.3 Å². The average molecular weight is 325 g/mol. The van der Waals surface area contributed by atoms with Crippen LogP contribution in [0.1, 0.15) is 25.2 Å². The van der Waals surface area contributed by atoms with Gasteiger partial charge in [-0.25, -0.2) is 9.97 Å². The number of aryl methyl sites for hydroxylation is 1. The number of pyridine rings is 1. The quantitative estimate of drug-likeness (QED) is 0.855. The fraction of sp³-hybridized carbons (Fsp3) is 0.357. The Hall–Kier alpha value is -1.66. The Morgan fingerprint density at radius 3 is 2.81 bits per heavy atom. The summed E-state index contributed by atoms with van der Waals surface area (Å²) in [5.41, 5.74) is 2.66. The molecule has 0 radical (unpaired) electrons. The Labute approximate surface area is 133 Å². The van der Waals surface area contributed by atoms with E-state index in [1.807, 2.05) is 25.3 Å². The summed E-state index contributed by atoms with van der Waals surface area (Å²) < 4.78 is 0. The molecule has 2 aromatic heterocycles. The van der Waals surface area contributed by atoms with E-state index < -0.39 is 0 Å². The van der Waals surface area contributed by atoms with Crippen LogP contribution in [0.4, 0.5) is 10.8 Å². The van der Waals surface area contributed by atoms with E-state index in [1.165, 1.54) is 11.3 Å². The number of carbonyl (C=O) groups excluding carboxylic acids is 1. The van der Waals surface area contributed by atoms with Gasteiger partial charge in [-0.05, 0) is 26.0 Å². The Bertz CT molecular complexity index is 644. The van der Waals surface area contributed by atoms with Gasteiger partial charge in [0.05, 0.1) is 23.6 Å². The number of rotatable bonds is 5. The molecule has 2 heterocycles. The number of anilines is 2. The number of hydrogen-bond donors (Lipinski definition) is 1. The van der Waals surface area contributed by atoms with E-state index in [4.69, 9.17) is 11.6 Å². The molecule has 5 nitrogen and oxygen atoms in total. The first-order valence-corrected chi connectivity index (χ1v) is 7.86. The summed E-state index contributed by atoms with van der Waals surface area (Å²) in [5, 5.41) is 6.44. The van der Waals surface area contributed by atoms with E-state index in [0.717, 1.165) is 22.2 Å². The van der Waals surface area contributed by atoms with Gasteiger partial charge in [-0.3, -0.25) is 9.69 Å². The van der Waals surface area contributed by atoms with Gasteiger partial charge in [0.1, 0.15) is 5.15 Å². The summed E-state index contributed by atoms with van der Waals surface area (Å²) >= 11 is 7.30. The lowest BCUT2D eigenvalue weighted by Gasteiger charge is -2.14. The molecule has 2 rings (SSSR count). The van der Waals surface area contributed by atoms with Crippen molar-refractivity contribution in [3.05, 3.63) is 34.1 Å². The second-order valence-corrected chi connectivity index (χ2v) is 5.73. The molecule has 2 aromatic rings. The zero-order valence-corrected chi connectivity index (χ0v) is 13.8. The fourth-order valence-corrected chi connectivity index (χ4v) is 3.02. The standard InChI is InChI=1S/C14H17ClN4OS/c1-4-19(10(3)20)14-18-11(8-21-14)7-16-12-5-6-13(15)17-9(12)2/h5-6,8,16H,4,7H2,1-3H3. The summed E-state index contributed by atoms with van der Waals surface area (Å²) in [5.74, 6) is 0.00380. The SMILES string of the molecule is CCN(C(C)=O)c1nc(CNc2ccc(Cl)nc2C)cs1. The van der Waals surface area contributed by atoms with Crippen molar-refractivity contribution in [3.8, 4) is 0 Å². The van der Waals surface area contributed by atoms with E-state index in [2.05, 4.69) is 15.3 Å². The van der Waals surface area contributed by atoms with Crippen molar-refractivity contribution >= 4 is 39.7 Å². The second kappa shape index (κ2) is 6.87. The maximum Gasteiger partial charge on any atom is 0.225 e. The molecule has 1 N–H and O–H groups in total. The van der Waals surface area contributed by atoms with E-state index in [-0.39, 0.29) is 5.91 Å². The van der Waals surface area contributed by atoms with Crippen LogP contribution in [-0.4, -0.2) is 22.4 Å². The van der Waals surface area contributed by atoms with Crippen LogP contribution >= 0.6 is 22.9 Å². The monoisotopic (exact) mass is 324 g/mol. The normalized spacial score (nSPS) is 10.5. The van der Waals surface area contributed by atoms with E-state index in [1.54, 1.807) is 17.9 Å². The number of aromatic nitrogens is 2. The Morgan fingerprint density at radius 1 is 1.43 bits per heavy atom. The Balaban J connectivity index is 2.04. The molecular weight excluding hydrogens is 308 g/mol. The minimum Gasteiger partial charge on any atom is -0.378 e. The van der Waals surface area contributed by atoms with Crippen molar-refractivity contribution in [2.75, 3.05) is 16.8 Å². The minimum absolute atomic E-state index is 0.00380. The van der Waals surface area contributed by atoms with Crippen LogP contribution in [0.5, 0.6) is 0 Å². The summed E-state index contributed by atoms with van der Waals surface area (Å²) in [7, 11) is 0. The highest BCUT2D eigenvalue weighted by Crippen LogP contribution is 2.22. The highest BCUT2D eigenvalue weighted by Gasteiger charge is 2.13. The van der Waals surface area contributed by atoms with Crippen LogP contribution in [0.2, 0.25) is 5.15 Å². The predicted octanol–water partition coefficient (Wildman–Crippen LogP) is 3.48. The van der Waals surface area contributed by atoms with Crippen molar-refractivity contribution in [1.29, 1.82) is 0 Å². The van der Waals surface area contributed by atoms with Crippen LogP contribution in [0, 0.1) is 6.92 Å². The molecule has 0 aliphatic heterocycles. The first kappa shape index (κ1) is 15.7. The smallest absolute Gasteiger partial charge is 0.225 e. The maximum absolute atomic E-state index is 11.5. The van der Waals surface area contributed by atoms with Crippen molar-refractivity contribution in [1.82, 2.24) is 9.97 Å².